The van der Waals surface area contributed by atoms with Crippen LogP contribution in [0.25, 0.3) is 0 Å². The molecule has 1 aromatic rings. The molecule has 0 aromatic carbocycles. The van der Waals surface area contributed by atoms with E-state index in [9.17, 15) is 13.2 Å². The minimum atomic E-state index is -3.34. The van der Waals surface area contributed by atoms with E-state index in [1.54, 1.807) is 24.5 Å². The standard InChI is InChI=1S/C11H14N2O4S/c14-11(15)10-7-13(8-10)18(16,17)6-3-9-1-4-12-5-2-9/h1-2,4-5,10H,3,6-8H2,(H,14,15). The number of pyridine rings is 1. The Labute approximate surface area is 105 Å². The zero-order valence-electron chi connectivity index (χ0n) is 9.69. The Kier molecular flexibility index (Phi) is 3.63. The second kappa shape index (κ2) is 5.03. The van der Waals surface area contributed by atoms with Crippen LogP contribution < -0.4 is 0 Å². The second-order valence-electron chi connectivity index (χ2n) is 4.27. The van der Waals surface area contributed by atoms with Gasteiger partial charge in [0.1, 0.15) is 0 Å². The van der Waals surface area contributed by atoms with Gasteiger partial charge in [0.25, 0.3) is 0 Å². The average Bonchev–Trinajstić information content (AvgIpc) is 2.25. The minimum Gasteiger partial charge on any atom is -0.481 e. The van der Waals surface area contributed by atoms with Gasteiger partial charge in [-0.25, -0.2) is 12.7 Å². The number of carbonyl (C=O) groups is 1. The highest BCUT2D eigenvalue weighted by molar-refractivity contribution is 7.89. The van der Waals surface area contributed by atoms with Crippen molar-refractivity contribution in [2.75, 3.05) is 18.8 Å². The zero-order chi connectivity index (χ0) is 13.2. The molecule has 0 unspecified atom stereocenters. The van der Waals surface area contributed by atoms with Gasteiger partial charge < -0.3 is 5.11 Å². The number of nitrogens with zero attached hydrogens (tertiary/aromatic N) is 2. The number of sulfonamides is 1. The first kappa shape index (κ1) is 13.0. The lowest BCUT2D eigenvalue weighted by atomic mass is 10.0. The van der Waals surface area contributed by atoms with Crippen molar-refractivity contribution in [1.82, 2.24) is 9.29 Å². The first-order valence-corrected chi connectivity index (χ1v) is 7.19. The fourth-order valence-corrected chi connectivity index (χ4v) is 3.31. The lowest BCUT2D eigenvalue weighted by Crippen LogP contribution is -2.53. The summed E-state index contributed by atoms with van der Waals surface area (Å²) in [6.45, 7) is 0.183. The largest absolute Gasteiger partial charge is 0.481 e. The molecule has 2 rings (SSSR count). The Morgan fingerprint density at radius 2 is 2.00 bits per heavy atom. The van der Waals surface area contributed by atoms with E-state index in [0.717, 1.165) is 5.56 Å². The van der Waals surface area contributed by atoms with Crippen LogP contribution in [0.15, 0.2) is 24.5 Å². The summed E-state index contributed by atoms with van der Waals surface area (Å²) in [5, 5.41) is 8.70. The molecule has 1 N–H and O–H groups in total. The normalized spacial score (nSPS) is 17.3. The number of hydrogen-bond donors (Lipinski definition) is 1. The summed E-state index contributed by atoms with van der Waals surface area (Å²) in [7, 11) is -3.34. The van der Waals surface area contributed by atoms with Gasteiger partial charge in [-0.2, -0.15) is 0 Å². The number of carboxylic acid groups (broad SMARTS) is 1. The third-order valence-corrected chi connectivity index (χ3v) is 4.79. The van der Waals surface area contributed by atoms with Crippen molar-refractivity contribution in [3.8, 4) is 0 Å². The highest BCUT2D eigenvalue weighted by Gasteiger charge is 2.39. The highest BCUT2D eigenvalue weighted by atomic mass is 32.2. The SMILES string of the molecule is O=C(O)C1CN(S(=O)(=O)CCc2ccncc2)C1. The van der Waals surface area contributed by atoms with Crippen LogP contribution in [0.3, 0.4) is 0 Å². The third kappa shape index (κ3) is 2.85. The van der Waals surface area contributed by atoms with Crippen molar-refractivity contribution in [2.45, 2.75) is 6.42 Å². The molecule has 1 fully saturated rings. The third-order valence-electron chi connectivity index (χ3n) is 2.99. The van der Waals surface area contributed by atoms with Crippen molar-refractivity contribution in [3.05, 3.63) is 30.1 Å². The number of aryl methyl sites for hydroxylation is 1. The predicted octanol–water partition coefficient (Wildman–Crippen LogP) is -0.0297. The predicted molar refractivity (Wildman–Crippen MR) is 64.4 cm³/mol. The minimum absolute atomic E-state index is 0.00333. The van der Waals surface area contributed by atoms with E-state index in [1.807, 2.05) is 0 Å². The number of aliphatic carboxylic acids is 1. The Hall–Kier alpha value is -1.47. The van der Waals surface area contributed by atoms with Gasteiger partial charge >= 0.3 is 5.97 Å². The molecular weight excluding hydrogens is 256 g/mol. The Morgan fingerprint density at radius 1 is 1.39 bits per heavy atom. The molecule has 18 heavy (non-hydrogen) atoms. The molecule has 0 atom stereocenters. The fraction of sp³-hybridized carbons (Fsp3) is 0.455. The van der Waals surface area contributed by atoms with Crippen molar-refractivity contribution < 1.29 is 18.3 Å². The second-order valence-corrected chi connectivity index (χ2v) is 6.36. The summed E-state index contributed by atoms with van der Waals surface area (Å²) in [6.07, 6.45) is 3.65. The molecular formula is C11H14N2O4S. The van der Waals surface area contributed by atoms with Crippen LogP contribution in [0.5, 0.6) is 0 Å². The molecule has 1 aliphatic heterocycles. The Morgan fingerprint density at radius 3 is 2.56 bits per heavy atom. The Balaban J connectivity index is 1.88. The van der Waals surface area contributed by atoms with Crippen LogP contribution in [0.1, 0.15) is 5.56 Å². The average molecular weight is 270 g/mol. The summed E-state index contributed by atoms with van der Waals surface area (Å²) in [5.41, 5.74) is 0.906. The van der Waals surface area contributed by atoms with Gasteiger partial charge in [-0.1, -0.05) is 0 Å². The van der Waals surface area contributed by atoms with Gasteiger partial charge in [0.2, 0.25) is 10.0 Å². The van der Waals surface area contributed by atoms with E-state index >= 15 is 0 Å². The number of carboxylic acids is 1. The maximum Gasteiger partial charge on any atom is 0.309 e. The highest BCUT2D eigenvalue weighted by Crippen LogP contribution is 2.20. The summed E-state index contributed by atoms with van der Waals surface area (Å²) in [5.74, 6) is -1.49. The van der Waals surface area contributed by atoms with Crippen molar-refractivity contribution in [1.29, 1.82) is 0 Å². The van der Waals surface area contributed by atoms with Gasteiger partial charge in [0.15, 0.2) is 0 Å². The maximum atomic E-state index is 11.9. The molecule has 2 heterocycles. The van der Waals surface area contributed by atoms with Gasteiger partial charge in [-0.05, 0) is 24.1 Å². The smallest absolute Gasteiger partial charge is 0.309 e. The van der Waals surface area contributed by atoms with Gasteiger partial charge in [-0.3, -0.25) is 9.78 Å². The molecule has 6 nitrogen and oxygen atoms in total. The van der Waals surface area contributed by atoms with Gasteiger partial charge in [0, 0.05) is 25.5 Å². The van der Waals surface area contributed by atoms with E-state index in [4.69, 9.17) is 5.11 Å². The molecule has 0 amide bonds. The molecule has 98 valence electrons. The first-order valence-electron chi connectivity index (χ1n) is 5.58. The molecule has 0 saturated carbocycles. The van der Waals surface area contributed by atoms with Crippen LogP contribution in [0.4, 0.5) is 0 Å². The van der Waals surface area contributed by atoms with E-state index < -0.39 is 21.9 Å². The number of aromatic nitrogens is 1. The van der Waals surface area contributed by atoms with E-state index in [0.29, 0.717) is 6.42 Å². The zero-order valence-corrected chi connectivity index (χ0v) is 10.5. The number of hydrogen-bond acceptors (Lipinski definition) is 4. The van der Waals surface area contributed by atoms with Gasteiger partial charge in [-0.15, -0.1) is 0 Å². The lowest BCUT2D eigenvalue weighted by Gasteiger charge is -2.35. The molecule has 7 heteroatoms. The van der Waals surface area contributed by atoms with Crippen molar-refractivity contribution in [3.63, 3.8) is 0 Å². The van der Waals surface area contributed by atoms with Crippen molar-refractivity contribution in [2.24, 2.45) is 5.92 Å². The van der Waals surface area contributed by atoms with Crippen LogP contribution in [-0.4, -0.2) is 47.6 Å². The van der Waals surface area contributed by atoms with Crippen LogP contribution in [0, 0.1) is 5.92 Å². The molecule has 0 spiro atoms. The molecule has 0 bridgehead atoms. The van der Waals surface area contributed by atoms with Crippen molar-refractivity contribution >= 4 is 16.0 Å². The van der Waals surface area contributed by atoms with E-state index in [2.05, 4.69) is 4.98 Å². The van der Waals surface area contributed by atoms with Crippen LogP contribution in [0.2, 0.25) is 0 Å². The van der Waals surface area contributed by atoms with E-state index in [-0.39, 0.29) is 18.8 Å². The van der Waals surface area contributed by atoms with Crippen LogP contribution >= 0.6 is 0 Å². The van der Waals surface area contributed by atoms with Gasteiger partial charge in [0.05, 0.1) is 11.7 Å². The fourth-order valence-electron chi connectivity index (χ4n) is 1.75. The maximum absolute atomic E-state index is 11.9. The van der Waals surface area contributed by atoms with Crippen LogP contribution in [-0.2, 0) is 21.2 Å². The summed E-state index contributed by atoms with van der Waals surface area (Å²) in [4.78, 5) is 14.5. The lowest BCUT2D eigenvalue weighted by molar-refractivity contribution is -0.145. The molecule has 0 radical (unpaired) electrons. The molecule has 0 aliphatic carbocycles. The summed E-state index contributed by atoms with van der Waals surface area (Å²) < 4.78 is 25.0. The number of rotatable bonds is 5. The molecule has 1 aliphatic rings. The first-order chi connectivity index (χ1) is 8.49. The summed E-state index contributed by atoms with van der Waals surface area (Å²) in [6, 6.07) is 3.54. The Bertz CT molecular complexity index is 523. The summed E-state index contributed by atoms with van der Waals surface area (Å²) >= 11 is 0. The molecule has 1 saturated heterocycles. The quantitative estimate of drug-likeness (QED) is 0.811. The monoisotopic (exact) mass is 270 g/mol. The molecule has 1 aromatic heterocycles. The topological polar surface area (TPSA) is 87.6 Å². The van der Waals surface area contributed by atoms with E-state index in [1.165, 1.54) is 4.31 Å².